The Bertz CT molecular complexity index is 596. The molecule has 1 unspecified atom stereocenters. The number of carbonyl (C=O) groups is 1. The molecule has 2 rings (SSSR count). The third kappa shape index (κ3) is 2.85. The van der Waals surface area contributed by atoms with E-state index in [0.29, 0.717) is 24.0 Å². The predicted octanol–water partition coefficient (Wildman–Crippen LogP) is 1.87. The van der Waals surface area contributed by atoms with Gasteiger partial charge in [0.1, 0.15) is 5.75 Å². The topological polar surface area (TPSA) is 75.3 Å². The lowest BCUT2D eigenvalue weighted by atomic mass is 10.0. The van der Waals surface area contributed by atoms with Crippen molar-refractivity contribution in [2.24, 2.45) is 11.7 Å². The largest absolute Gasteiger partial charge is 0.506 e. The first-order valence-electron chi connectivity index (χ1n) is 6.32. The van der Waals surface area contributed by atoms with Crippen molar-refractivity contribution in [1.29, 1.82) is 0 Å². The van der Waals surface area contributed by atoms with Crippen LogP contribution < -0.4 is 11.1 Å². The first-order valence-corrected chi connectivity index (χ1v) is 6.32. The number of phenolic OH excluding ortho intramolecular Hbond substituents is 1. The molecular formula is C15H18N2O2. The van der Waals surface area contributed by atoms with Gasteiger partial charge in [-0.2, -0.15) is 0 Å². The van der Waals surface area contributed by atoms with Gasteiger partial charge in [-0.25, -0.2) is 0 Å². The third-order valence-electron chi connectivity index (χ3n) is 3.16. The molecule has 0 heterocycles. The summed E-state index contributed by atoms with van der Waals surface area (Å²) < 4.78 is 0. The van der Waals surface area contributed by atoms with Crippen molar-refractivity contribution in [2.45, 2.75) is 6.92 Å². The fourth-order valence-corrected chi connectivity index (χ4v) is 1.88. The highest BCUT2D eigenvalue weighted by molar-refractivity contribution is 6.03. The molecule has 2 aromatic carbocycles. The molecule has 100 valence electrons. The summed E-state index contributed by atoms with van der Waals surface area (Å²) in [5, 5.41) is 14.5. The summed E-state index contributed by atoms with van der Waals surface area (Å²) in [4.78, 5) is 12.0. The lowest BCUT2D eigenvalue weighted by Crippen LogP contribution is -2.31. The van der Waals surface area contributed by atoms with Crippen LogP contribution in [0.25, 0.3) is 10.8 Å². The fourth-order valence-electron chi connectivity index (χ4n) is 1.88. The minimum absolute atomic E-state index is 0.0241. The zero-order chi connectivity index (χ0) is 13.8. The van der Waals surface area contributed by atoms with Crippen LogP contribution in [0, 0.1) is 5.92 Å². The number of benzene rings is 2. The third-order valence-corrected chi connectivity index (χ3v) is 3.16. The first kappa shape index (κ1) is 13.4. The second-order valence-electron chi connectivity index (χ2n) is 4.73. The summed E-state index contributed by atoms with van der Waals surface area (Å²) in [6, 6.07) is 10.9. The molecule has 0 saturated heterocycles. The van der Waals surface area contributed by atoms with E-state index >= 15 is 0 Å². The molecule has 4 nitrogen and oxygen atoms in total. The number of aromatic hydroxyl groups is 1. The molecule has 4 N–H and O–H groups in total. The van der Waals surface area contributed by atoms with E-state index in [1.165, 1.54) is 0 Å². The normalized spacial score (nSPS) is 12.3. The highest BCUT2D eigenvalue weighted by atomic mass is 16.3. The quantitative estimate of drug-likeness (QED) is 0.783. The zero-order valence-electron chi connectivity index (χ0n) is 10.9. The smallest absolute Gasteiger partial charge is 0.255 e. The molecule has 0 aliphatic heterocycles. The number of nitrogens with one attached hydrogen (secondary N) is 1. The number of phenols is 1. The van der Waals surface area contributed by atoms with Crippen molar-refractivity contribution in [3.63, 3.8) is 0 Å². The first-order chi connectivity index (χ1) is 9.13. The molecule has 1 amide bonds. The van der Waals surface area contributed by atoms with Crippen LogP contribution in [0.15, 0.2) is 36.4 Å². The standard InChI is InChI=1S/C15H18N2O2/c1-10(8-16)9-17-15(19)13-7-6-11-4-2-3-5-12(11)14(13)18/h2-7,10,18H,8-9,16H2,1H3,(H,17,19). The van der Waals surface area contributed by atoms with Gasteiger partial charge >= 0.3 is 0 Å². The van der Waals surface area contributed by atoms with Crippen LogP contribution in [0.1, 0.15) is 17.3 Å². The lowest BCUT2D eigenvalue weighted by Gasteiger charge is -2.12. The average molecular weight is 258 g/mol. The molecule has 0 spiro atoms. The maximum absolute atomic E-state index is 12.0. The second-order valence-corrected chi connectivity index (χ2v) is 4.73. The van der Waals surface area contributed by atoms with Crippen LogP contribution >= 0.6 is 0 Å². The van der Waals surface area contributed by atoms with Crippen molar-refractivity contribution in [2.75, 3.05) is 13.1 Å². The van der Waals surface area contributed by atoms with Crippen molar-refractivity contribution in [1.82, 2.24) is 5.32 Å². The molecule has 4 heteroatoms. The van der Waals surface area contributed by atoms with E-state index in [0.717, 1.165) is 5.39 Å². The van der Waals surface area contributed by atoms with Gasteiger partial charge in [-0.15, -0.1) is 0 Å². The Balaban J connectivity index is 2.25. The maximum atomic E-state index is 12.0. The van der Waals surface area contributed by atoms with E-state index in [9.17, 15) is 9.90 Å². The Morgan fingerprint density at radius 1 is 1.32 bits per heavy atom. The molecule has 2 aromatic rings. The molecule has 0 aliphatic rings. The summed E-state index contributed by atoms with van der Waals surface area (Å²) in [6.45, 7) is 2.98. The molecule has 0 aromatic heterocycles. The van der Waals surface area contributed by atoms with Gasteiger partial charge in [-0.1, -0.05) is 37.3 Å². The van der Waals surface area contributed by atoms with E-state index in [2.05, 4.69) is 5.32 Å². The highest BCUT2D eigenvalue weighted by Crippen LogP contribution is 2.28. The van der Waals surface area contributed by atoms with Gasteiger partial charge in [-0.3, -0.25) is 4.79 Å². The summed E-state index contributed by atoms with van der Waals surface area (Å²) in [6.07, 6.45) is 0. The van der Waals surface area contributed by atoms with Gasteiger partial charge in [0, 0.05) is 11.9 Å². The average Bonchev–Trinajstić information content (AvgIpc) is 2.45. The summed E-state index contributed by atoms with van der Waals surface area (Å²) in [5.74, 6) is -0.0360. The number of amides is 1. The van der Waals surface area contributed by atoms with Crippen LogP contribution in [0.3, 0.4) is 0 Å². The molecule has 0 fully saturated rings. The number of nitrogens with two attached hydrogens (primary N) is 1. The summed E-state index contributed by atoms with van der Waals surface area (Å²) in [7, 11) is 0. The van der Waals surface area contributed by atoms with Gasteiger partial charge in [0.15, 0.2) is 0 Å². The highest BCUT2D eigenvalue weighted by Gasteiger charge is 2.13. The minimum Gasteiger partial charge on any atom is -0.506 e. The van der Waals surface area contributed by atoms with Crippen molar-refractivity contribution >= 4 is 16.7 Å². The fraction of sp³-hybridized carbons (Fsp3) is 0.267. The minimum atomic E-state index is -0.274. The van der Waals surface area contributed by atoms with Crippen molar-refractivity contribution in [3.05, 3.63) is 42.0 Å². The summed E-state index contributed by atoms with van der Waals surface area (Å²) in [5.41, 5.74) is 5.79. The molecule has 0 bridgehead atoms. The zero-order valence-corrected chi connectivity index (χ0v) is 10.9. The van der Waals surface area contributed by atoms with Crippen molar-refractivity contribution < 1.29 is 9.90 Å². The Kier molecular flexibility index (Phi) is 4.02. The van der Waals surface area contributed by atoms with E-state index in [1.54, 1.807) is 12.1 Å². The molecule has 1 atom stereocenters. The number of hydrogen-bond donors (Lipinski definition) is 3. The Morgan fingerprint density at radius 3 is 2.79 bits per heavy atom. The van der Waals surface area contributed by atoms with Gasteiger partial charge < -0.3 is 16.2 Å². The number of fused-ring (bicyclic) bond motifs is 1. The van der Waals surface area contributed by atoms with Gasteiger partial charge in [0.05, 0.1) is 5.56 Å². The van der Waals surface area contributed by atoms with Gasteiger partial charge in [-0.05, 0) is 23.9 Å². The number of carbonyl (C=O) groups excluding carboxylic acids is 1. The molecular weight excluding hydrogens is 240 g/mol. The lowest BCUT2D eigenvalue weighted by molar-refractivity contribution is 0.0946. The SMILES string of the molecule is CC(CN)CNC(=O)c1ccc2ccccc2c1O. The van der Waals surface area contributed by atoms with Crippen LogP contribution in [0.5, 0.6) is 5.75 Å². The number of rotatable bonds is 4. The van der Waals surface area contributed by atoms with E-state index < -0.39 is 0 Å². The van der Waals surface area contributed by atoms with Crippen LogP contribution in [-0.2, 0) is 0 Å². The summed E-state index contributed by atoms with van der Waals surface area (Å²) >= 11 is 0. The maximum Gasteiger partial charge on any atom is 0.255 e. The molecule has 0 aliphatic carbocycles. The molecule has 19 heavy (non-hydrogen) atoms. The second kappa shape index (κ2) is 5.71. The molecule has 0 radical (unpaired) electrons. The Morgan fingerprint density at radius 2 is 2.05 bits per heavy atom. The van der Waals surface area contributed by atoms with Gasteiger partial charge in [0.25, 0.3) is 5.91 Å². The monoisotopic (exact) mass is 258 g/mol. The van der Waals surface area contributed by atoms with Crippen LogP contribution in [0.2, 0.25) is 0 Å². The van der Waals surface area contributed by atoms with Gasteiger partial charge in [0.2, 0.25) is 0 Å². The van der Waals surface area contributed by atoms with Crippen LogP contribution in [0.4, 0.5) is 0 Å². The Labute approximate surface area is 112 Å². The van der Waals surface area contributed by atoms with E-state index in [1.807, 2.05) is 31.2 Å². The van der Waals surface area contributed by atoms with Crippen LogP contribution in [-0.4, -0.2) is 24.1 Å². The Hall–Kier alpha value is -2.07. The number of hydrogen-bond acceptors (Lipinski definition) is 3. The molecule has 0 saturated carbocycles. The predicted molar refractivity (Wildman–Crippen MR) is 76.2 cm³/mol. The van der Waals surface area contributed by atoms with E-state index in [-0.39, 0.29) is 17.6 Å². The van der Waals surface area contributed by atoms with E-state index in [4.69, 9.17) is 5.73 Å². The van der Waals surface area contributed by atoms with Crippen molar-refractivity contribution in [3.8, 4) is 5.75 Å².